The zero-order valence-corrected chi connectivity index (χ0v) is 26.7. The molecule has 8 heteroatoms. The number of carboxylic acids is 2. The number of hydrogen-bond donors (Lipinski definition) is 2. The second-order valence-corrected chi connectivity index (χ2v) is 16.0. The van der Waals surface area contributed by atoms with E-state index in [0.29, 0.717) is 38.5 Å². The van der Waals surface area contributed by atoms with Gasteiger partial charge in [-0.25, -0.2) is 4.79 Å². The molecule has 5 aliphatic carbocycles. The summed E-state index contributed by atoms with van der Waals surface area (Å²) in [6, 6.07) is 0. The number of fused-ring (bicyclic) bond motifs is 7. The first-order valence-corrected chi connectivity index (χ1v) is 15.8. The van der Waals surface area contributed by atoms with Crippen molar-refractivity contribution < 1.29 is 38.9 Å². The van der Waals surface area contributed by atoms with Crippen LogP contribution in [-0.2, 0) is 28.7 Å². The molecule has 5 aliphatic rings. The summed E-state index contributed by atoms with van der Waals surface area (Å²) < 4.78 is 11.0. The van der Waals surface area contributed by atoms with Crippen molar-refractivity contribution in [3.8, 4) is 0 Å². The van der Waals surface area contributed by atoms with Crippen LogP contribution in [0.4, 0.5) is 0 Å². The minimum Gasteiger partial charge on any atom is -0.481 e. The van der Waals surface area contributed by atoms with Crippen molar-refractivity contribution in [3.05, 3.63) is 11.6 Å². The van der Waals surface area contributed by atoms with E-state index in [1.54, 1.807) is 13.8 Å². The van der Waals surface area contributed by atoms with Crippen LogP contribution in [0.5, 0.6) is 0 Å². The van der Waals surface area contributed by atoms with Gasteiger partial charge < -0.3 is 19.7 Å². The molecular formula is C34H50O8. The highest BCUT2D eigenvalue weighted by molar-refractivity contribution is 5.96. The Kier molecular flexibility index (Phi) is 7.16. The fourth-order valence-corrected chi connectivity index (χ4v) is 10.8. The van der Waals surface area contributed by atoms with Gasteiger partial charge in [-0.15, -0.1) is 0 Å². The van der Waals surface area contributed by atoms with Crippen LogP contribution in [-0.4, -0.2) is 53.2 Å². The van der Waals surface area contributed by atoms with Crippen molar-refractivity contribution >= 4 is 23.7 Å². The second kappa shape index (κ2) is 9.64. The monoisotopic (exact) mass is 586 g/mol. The molecule has 4 fully saturated rings. The van der Waals surface area contributed by atoms with Gasteiger partial charge in [0.05, 0.1) is 5.41 Å². The number of rotatable bonds is 5. The van der Waals surface area contributed by atoms with Crippen LogP contribution < -0.4 is 0 Å². The molecule has 2 N–H and O–H groups in total. The van der Waals surface area contributed by atoms with E-state index in [0.717, 1.165) is 24.8 Å². The van der Waals surface area contributed by atoms with E-state index in [1.807, 2.05) is 13.0 Å². The maximum atomic E-state index is 14.5. The molecule has 234 valence electrons. The number of ether oxygens (including phenoxy) is 2. The van der Waals surface area contributed by atoms with Crippen molar-refractivity contribution in [2.24, 2.45) is 50.2 Å². The van der Waals surface area contributed by atoms with Crippen LogP contribution in [0, 0.1) is 50.2 Å². The molecule has 0 heterocycles. The third kappa shape index (κ3) is 3.95. The minimum atomic E-state index is -1.35. The van der Waals surface area contributed by atoms with Gasteiger partial charge in [0.25, 0.3) is 0 Å². The molecule has 0 aromatic heterocycles. The Morgan fingerprint density at radius 2 is 1.55 bits per heavy atom. The van der Waals surface area contributed by atoms with Crippen LogP contribution >= 0.6 is 0 Å². The van der Waals surface area contributed by atoms with Crippen molar-refractivity contribution in [1.29, 1.82) is 0 Å². The summed E-state index contributed by atoms with van der Waals surface area (Å²) in [5.41, 5.74) is -2.35. The van der Waals surface area contributed by atoms with Gasteiger partial charge in [-0.3, -0.25) is 14.4 Å². The van der Waals surface area contributed by atoms with E-state index in [4.69, 9.17) is 9.47 Å². The molecule has 0 radical (unpaired) electrons. The molecule has 5 rings (SSSR count). The lowest BCUT2D eigenvalue weighted by Crippen LogP contribution is -2.68. The smallest absolute Gasteiger partial charge is 0.335 e. The number of esters is 1. The number of methoxy groups -OCH3 is 1. The predicted molar refractivity (Wildman–Crippen MR) is 155 cm³/mol. The van der Waals surface area contributed by atoms with Crippen LogP contribution in [0.3, 0.4) is 0 Å². The quantitative estimate of drug-likeness (QED) is 0.372. The van der Waals surface area contributed by atoms with E-state index < -0.39 is 51.8 Å². The van der Waals surface area contributed by atoms with Crippen LogP contribution in [0.2, 0.25) is 0 Å². The number of carboxylic acid groups (broad SMARTS) is 2. The van der Waals surface area contributed by atoms with Crippen LogP contribution in [0.25, 0.3) is 0 Å². The van der Waals surface area contributed by atoms with Crippen LogP contribution in [0.1, 0.15) is 106 Å². The van der Waals surface area contributed by atoms with Gasteiger partial charge in [0.15, 0.2) is 11.9 Å². The highest BCUT2D eigenvalue weighted by atomic mass is 16.6. The highest BCUT2D eigenvalue weighted by Gasteiger charge is 2.72. The number of carbonyl (C=O) groups is 4. The third-order valence-corrected chi connectivity index (χ3v) is 14.1. The highest BCUT2D eigenvalue weighted by Crippen LogP contribution is 2.75. The van der Waals surface area contributed by atoms with Gasteiger partial charge >= 0.3 is 17.9 Å². The molecule has 8 nitrogen and oxygen atoms in total. The predicted octanol–water partition coefficient (Wildman–Crippen LogP) is 6.06. The molecule has 0 saturated heterocycles. The molecule has 0 bridgehead atoms. The Balaban J connectivity index is 1.57. The topological polar surface area (TPSA) is 127 Å². The summed E-state index contributed by atoms with van der Waals surface area (Å²) in [6.45, 7) is 14.1. The molecule has 0 aromatic carbocycles. The maximum absolute atomic E-state index is 14.5. The van der Waals surface area contributed by atoms with Gasteiger partial charge in [0.1, 0.15) is 11.5 Å². The van der Waals surface area contributed by atoms with E-state index in [1.165, 1.54) is 7.11 Å². The molecule has 0 amide bonds. The lowest BCUT2D eigenvalue weighted by Gasteiger charge is -2.70. The zero-order valence-electron chi connectivity index (χ0n) is 26.7. The molecule has 42 heavy (non-hydrogen) atoms. The van der Waals surface area contributed by atoms with Crippen molar-refractivity contribution in [2.75, 3.05) is 7.11 Å². The maximum Gasteiger partial charge on any atom is 0.335 e. The SMILES string of the molecule is CO[C@H](C)C(=O)O[C@H]1CC[C@@]2(C)[C@@H](CC[C@]3(C)[C@@H]2C(=O)C=C2[C@@H]4C[C@@](C)(C(=O)O)CC[C@]4(C)CC[C@]23C)[C@]1(C)C(=O)O. The Bertz CT molecular complexity index is 1240. The fourth-order valence-electron chi connectivity index (χ4n) is 10.8. The summed E-state index contributed by atoms with van der Waals surface area (Å²) >= 11 is 0. The van der Waals surface area contributed by atoms with E-state index in [-0.39, 0.29) is 34.4 Å². The van der Waals surface area contributed by atoms with Crippen molar-refractivity contribution in [1.82, 2.24) is 0 Å². The Labute approximate surface area is 250 Å². The summed E-state index contributed by atoms with van der Waals surface area (Å²) in [4.78, 5) is 52.6. The van der Waals surface area contributed by atoms with Gasteiger partial charge in [0.2, 0.25) is 0 Å². The molecule has 0 aliphatic heterocycles. The molecule has 0 spiro atoms. The number of aliphatic carboxylic acids is 2. The van der Waals surface area contributed by atoms with E-state index >= 15 is 0 Å². The lowest BCUT2D eigenvalue weighted by molar-refractivity contribution is -0.223. The van der Waals surface area contributed by atoms with Gasteiger partial charge in [-0.05, 0) is 118 Å². The third-order valence-electron chi connectivity index (χ3n) is 14.1. The van der Waals surface area contributed by atoms with Crippen molar-refractivity contribution in [2.45, 2.75) is 118 Å². The van der Waals surface area contributed by atoms with E-state index in [2.05, 4.69) is 27.7 Å². The average molecular weight is 587 g/mol. The Morgan fingerprint density at radius 1 is 0.905 bits per heavy atom. The van der Waals surface area contributed by atoms with Gasteiger partial charge in [-0.1, -0.05) is 33.3 Å². The first kappa shape index (κ1) is 31.2. The fraction of sp³-hybridized carbons (Fsp3) is 0.824. The Morgan fingerprint density at radius 3 is 2.14 bits per heavy atom. The van der Waals surface area contributed by atoms with Gasteiger partial charge in [0, 0.05) is 13.0 Å². The van der Waals surface area contributed by atoms with Gasteiger partial charge in [-0.2, -0.15) is 0 Å². The summed E-state index contributed by atoms with van der Waals surface area (Å²) in [5, 5.41) is 20.8. The van der Waals surface area contributed by atoms with E-state index in [9.17, 15) is 29.4 Å². The number of carbonyl (C=O) groups excluding carboxylic acids is 2. The molecule has 0 unspecified atom stereocenters. The summed E-state index contributed by atoms with van der Waals surface area (Å²) in [6.07, 6.45) is 6.46. The molecule has 4 saturated carbocycles. The first-order chi connectivity index (χ1) is 19.3. The second-order valence-electron chi connectivity index (χ2n) is 16.0. The standard InChI is InChI=1S/C34H50O8/c1-19(41-8)26(36)42-24-10-11-31(4)23(34(24,7)28(39)40)9-12-33(6)25(31)22(35)17-20-21-18-30(3,27(37)38)14-13-29(21,2)15-16-32(20,33)5/h17,19,21,23-25H,9-16,18H2,1-8H3,(H,37,38)(H,39,40)/t19-,21+,23-,24+,25-,29-,30+,31+,32-,33-,34+/m1/s1. The zero-order chi connectivity index (χ0) is 31.3. The lowest BCUT2D eigenvalue weighted by atomic mass is 9.33. The minimum absolute atomic E-state index is 0.0283. The number of hydrogen-bond acceptors (Lipinski definition) is 6. The molecular weight excluding hydrogens is 536 g/mol. The average Bonchev–Trinajstić information content (AvgIpc) is 2.91. The number of allylic oxidation sites excluding steroid dienone is 2. The summed E-state index contributed by atoms with van der Waals surface area (Å²) in [7, 11) is 1.42. The summed E-state index contributed by atoms with van der Waals surface area (Å²) in [5.74, 6) is -2.98. The van der Waals surface area contributed by atoms with Crippen molar-refractivity contribution in [3.63, 3.8) is 0 Å². The molecule has 0 aromatic rings. The Hall–Kier alpha value is -2.22. The first-order valence-electron chi connectivity index (χ1n) is 15.8. The van der Waals surface area contributed by atoms with Crippen LogP contribution in [0.15, 0.2) is 11.6 Å². The normalized spacial score (nSPS) is 48.9. The largest absolute Gasteiger partial charge is 0.481 e. The number of ketones is 1. The molecule has 11 atom stereocenters.